The molecule has 2 nitrogen and oxygen atoms in total. The quantitative estimate of drug-likeness (QED) is 0.839. The van der Waals surface area contributed by atoms with Gasteiger partial charge in [0.2, 0.25) is 0 Å². The van der Waals surface area contributed by atoms with Crippen LogP contribution in [0.15, 0.2) is 28.7 Å². The standard InChI is InChI=1S/C18H29BrN2/c1-4-17(20)18(15-6-5-7-16(19)12-15)21-10-8-14(9-11-21)13(2)3/h5-7,12-14,17-18H,4,8-11,20H2,1-3H3. The molecular formula is C18H29BrN2. The van der Waals surface area contributed by atoms with Crippen LogP contribution in [0, 0.1) is 11.8 Å². The first-order valence-electron chi connectivity index (χ1n) is 8.28. The Kier molecular flexibility index (Phi) is 6.27. The first-order chi connectivity index (χ1) is 10.0. The van der Waals surface area contributed by atoms with Crippen molar-refractivity contribution in [1.29, 1.82) is 0 Å². The lowest BCUT2D eigenvalue weighted by molar-refractivity contribution is 0.0993. The topological polar surface area (TPSA) is 29.3 Å². The predicted molar refractivity (Wildman–Crippen MR) is 94.3 cm³/mol. The minimum absolute atomic E-state index is 0.204. The lowest BCUT2D eigenvalue weighted by atomic mass is 9.85. The molecule has 2 N–H and O–H groups in total. The summed E-state index contributed by atoms with van der Waals surface area (Å²) in [5.41, 5.74) is 7.82. The first kappa shape index (κ1) is 17.0. The summed E-state index contributed by atoms with van der Waals surface area (Å²) >= 11 is 3.59. The molecule has 0 saturated carbocycles. The van der Waals surface area contributed by atoms with E-state index < -0.39 is 0 Å². The van der Waals surface area contributed by atoms with Crippen molar-refractivity contribution in [2.75, 3.05) is 13.1 Å². The van der Waals surface area contributed by atoms with Crippen molar-refractivity contribution >= 4 is 15.9 Å². The third-order valence-corrected chi connectivity index (χ3v) is 5.47. The van der Waals surface area contributed by atoms with Gasteiger partial charge in [-0.25, -0.2) is 0 Å². The maximum absolute atomic E-state index is 6.47. The van der Waals surface area contributed by atoms with Crippen molar-refractivity contribution in [2.24, 2.45) is 17.6 Å². The molecule has 0 spiro atoms. The molecular weight excluding hydrogens is 324 g/mol. The Morgan fingerprint density at radius 1 is 1.29 bits per heavy atom. The molecule has 1 aliphatic heterocycles. The normalized spacial score (nSPS) is 20.7. The number of rotatable bonds is 5. The van der Waals surface area contributed by atoms with Crippen molar-refractivity contribution in [2.45, 2.75) is 52.1 Å². The highest BCUT2D eigenvalue weighted by Gasteiger charge is 2.30. The van der Waals surface area contributed by atoms with E-state index in [-0.39, 0.29) is 6.04 Å². The summed E-state index contributed by atoms with van der Waals surface area (Å²) in [6.45, 7) is 9.24. The molecule has 2 rings (SSSR count). The van der Waals surface area contributed by atoms with Crippen LogP contribution < -0.4 is 5.73 Å². The number of halogens is 1. The second-order valence-electron chi connectivity index (χ2n) is 6.69. The molecule has 0 aliphatic carbocycles. The zero-order valence-electron chi connectivity index (χ0n) is 13.6. The smallest absolute Gasteiger partial charge is 0.0499 e. The van der Waals surface area contributed by atoms with E-state index in [4.69, 9.17) is 5.73 Å². The van der Waals surface area contributed by atoms with Gasteiger partial charge >= 0.3 is 0 Å². The molecule has 0 amide bonds. The van der Waals surface area contributed by atoms with Crippen molar-refractivity contribution in [3.05, 3.63) is 34.3 Å². The zero-order chi connectivity index (χ0) is 15.4. The highest BCUT2D eigenvalue weighted by Crippen LogP contribution is 2.33. The third-order valence-electron chi connectivity index (χ3n) is 4.98. The fraction of sp³-hybridized carbons (Fsp3) is 0.667. The van der Waals surface area contributed by atoms with Gasteiger partial charge in [0.1, 0.15) is 0 Å². The van der Waals surface area contributed by atoms with Crippen molar-refractivity contribution < 1.29 is 0 Å². The van der Waals surface area contributed by atoms with Crippen LogP contribution in [0.5, 0.6) is 0 Å². The largest absolute Gasteiger partial charge is 0.326 e. The average molecular weight is 353 g/mol. The summed E-state index contributed by atoms with van der Waals surface area (Å²) in [6.07, 6.45) is 3.62. The van der Waals surface area contributed by atoms with E-state index in [9.17, 15) is 0 Å². The molecule has 1 fully saturated rings. The molecule has 1 aliphatic rings. The second kappa shape index (κ2) is 7.75. The molecule has 118 valence electrons. The van der Waals surface area contributed by atoms with Gasteiger partial charge in [-0.05, 0) is 61.9 Å². The molecule has 1 saturated heterocycles. The molecule has 1 heterocycles. The summed E-state index contributed by atoms with van der Waals surface area (Å²) < 4.78 is 1.14. The van der Waals surface area contributed by atoms with Gasteiger partial charge < -0.3 is 5.73 Å². The van der Waals surface area contributed by atoms with Crippen molar-refractivity contribution in [3.8, 4) is 0 Å². The molecule has 0 bridgehead atoms. The summed E-state index contributed by atoms with van der Waals surface area (Å²) in [6, 6.07) is 9.21. The number of nitrogens with two attached hydrogens (primary N) is 1. The highest BCUT2D eigenvalue weighted by molar-refractivity contribution is 9.10. The van der Waals surface area contributed by atoms with Crippen LogP contribution in [-0.2, 0) is 0 Å². The van der Waals surface area contributed by atoms with Crippen LogP contribution in [-0.4, -0.2) is 24.0 Å². The summed E-state index contributed by atoms with van der Waals surface area (Å²) in [4.78, 5) is 2.61. The lowest BCUT2D eigenvalue weighted by Gasteiger charge is -2.41. The van der Waals surface area contributed by atoms with Crippen LogP contribution in [0.3, 0.4) is 0 Å². The summed E-state index contributed by atoms with van der Waals surface area (Å²) in [5.74, 6) is 1.68. The van der Waals surface area contributed by atoms with Crippen LogP contribution in [0.2, 0.25) is 0 Å². The fourth-order valence-corrected chi connectivity index (χ4v) is 3.92. The van der Waals surface area contributed by atoms with Gasteiger partial charge in [-0.2, -0.15) is 0 Å². The van der Waals surface area contributed by atoms with Crippen LogP contribution >= 0.6 is 15.9 Å². The van der Waals surface area contributed by atoms with Gasteiger partial charge in [-0.3, -0.25) is 4.90 Å². The van der Waals surface area contributed by atoms with E-state index in [0.717, 1.165) is 22.7 Å². The Morgan fingerprint density at radius 3 is 2.48 bits per heavy atom. The third kappa shape index (κ3) is 4.30. The molecule has 2 unspecified atom stereocenters. The molecule has 21 heavy (non-hydrogen) atoms. The number of hydrogen-bond acceptors (Lipinski definition) is 2. The van der Waals surface area contributed by atoms with E-state index in [0.29, 0.717) is 6.04 Å². The van der Waals surface area contributed by atoms with E-state index in [2.05, 4.69) is 65.9 Å². The minimum Gasteiger partial charge on any atom is -0.326 e. The van der Waals surface area contributed by atoms with Crippen molar-refractivity contribution in [1.82, 2.24) is 4.90 Å². The van der Waals surface area contributed by atoms with Gasteiger partial charge in [0.25, 0.3) is 0 Å². The minimum atomic E-state index is 0.204. The number of likely N-dealkylation sites (tertiary alicyclic amines) is 1. The molecule has 1 aromatic rings. The number of benzene rings is 1. The van der Waals surface area contributed by atoms with E-state index >= 15 is 0 Å². The number of nitrogens with zero attached hydrogens (tertiary/aromatic N) is 1. The second-order valence-corrected chi connectivity index (χ2v) is 7.61. The lowest BCUT2D eigenvalue weighted by Crippen LogP contribution is -2.45. The summed E-state index contributed by atoms with van der Waals surface area (Å²) in [7, 11) is 0. The Labute approximate surface area is 138 Å². The SMILES string of the molecule is CCC(N)C(c1cccc(Br)c1)N1CCC(C(C)C)CC1. The molecule has 0 radical (unpaired) electrons. The van der Waals surface area contributed by atoms with Gasteiger partial charge in [0.15, 0.2) is 0 Å². The van der Waals surface area contributed by atoms with Gasteiger partial charge in [0, 0.05) is 16.6 Å². The molecule has 1 aromatic carbocycles. The first-order valence-corrected chi connectivity index (χ1v) is 9.07. The maximum Gasteiger partial charge on any atom is 0.0499 e. The maximum atomic E-state index is 6.47. The fourth-order valence-electron chi connectivity index (χ4n) is 3.51. The van der Waals surface area contributed by atoms with Crippen molar-refractivity contribution in [3.63, 3.8) is 0 Å². The van der Waals surface area contributed by atoms with Crippen LogP contribution in [0.1, 0.15) is 51.6 Å². The van der Waals surface area contributed by atoms with Gasteiger partial charge in [0.05, 0.1) is 0 Å². The Morgan fingerprint density at radius 2 is 1.95 bits per heavy atom. The highest BCUT2D eigenvalue weighted by atomic mass is 79.9. The number of hydrogen-bond donors (Lipinski definition) is 1. The van der Waals surface area contributed by atoms with E-state index in [1.807, 2.05) is 0 Å². The van der Waals surface area contributed by atoms with Gasteiger partial charge in [-0.1, -0.05) is 48.8 Å². The molecule has 0 aromatic heterocycles. The Hall–Kier alpha value is -0.380. The van der Waals surface area contributed by atoms with E-state index in [1.165, 1.54) is 31.5 Å². The average Bonchev–Trinajstić information content (AvgIpc) is 2.48. The molecule has 3 heteroatoms. The summed E-state index contributed by atoms with van der Waals surface area (Å²) in [5, 5.41) is 0. The Bertz CT molecular complexity index is 439. The molecule has 2 atom stereocenters. The number of piperidine rings is 1. The zero-order valence-corrected chi connectivity index (χ0v) is 15.1. The monoisotopic (exact) mass is 352 g/mol. The van der Waals surface area contributed by atoms with Crippen LogP contribution in [0.4, 0.5) is 0 Å². The van der Waals surface area contributed by atoms with Crippen LogP contribution in [0.25, 0.3) is 0 Å². The van der Waals surface area contributed by atoms with E-state index in [1.54, 1.807) is 0 Å². The Balaban J connectivity index is 2.14. The van der Waals surface area contributed by atoms with Gasteiger partial charge in [-0.15, -0.1) is 0 Å². The predicted octanol–water partition coefficient (Wildman–Crippen LogP) is 4.60.